The van der Waals surface area contributed by atoms with Gasteiger partial charge in [-0.25, -0.2) is 4.98 Å². The Morgan fingerprint density at radius 3 is 2.95 bits per heavy atom. The molecular formula is C12H13BrN4O2. The summed E-state index contributed by atoms with van der Waals surface area (Å²) in [4.78, 5) is 17.8. The zero-order valence-electron chi connectivity index (χ0n) is 10.2. The first-order valence-corrected chi connectivity index (χ1v) is 6.65. The summed E-state index contributed by atoms with van der Waals surface area (Å²) in [6.45, 7) is 2.97. The molecule has 1 fully saturated rings. The second-order valence-electron chi connectivity index (χ2n) is 4.01. The molecule has 6 nitrogen and oxygen atoms in total. The molecule has 0 unspecified atom stereocenters. The Hall–Kier alpha value is -1.65. The molecule has 1 N–H and O–H groups in total. The van der Waals surface area contributed by atoms with Gasteiger partial charge in [-0.15, -0.1) is 0 Å². The Morgan fingerprint density at radius 1 is 1.58 bits per heavy atom. The van der Waals surface area contributed by atoms with Gasteiger partial charge in [-0.3, -0.25) is 4.79 Å². The molecule has 1 aliphatic heterocycles. The third kappa shape index (κ3) is 3.66. The first-order valence-electron chi connectivity index (χ1n) is 5.86. The minimum absolute atomic E-state index is 0.164. The number of aromatic nitrogens is 1. The largest absolute Gasteiger partial charge is 0.378 e. The first kappa shape index (κ1) is 13.8. The maximum absolute atomic E-state index is 11.3. The fourth-order valence-corrected chi connectivity index (χ4v) is 2.38. The third-order valence-corrected chi connectivity index (χ3v) is 3.24. The molecule has 0 atom stereocenters. The number of anilines is 2. The number of morpholine rings is 1. The maximum Gasteiger partial charge on any atom is 0.238 e. The van der Waals surface area contributed by atoms with E-state index >= 15 is 0 Å². The van der Waals surface area contributed by atoms with Crippen LogP contribution in [-0.4, -0.2) is 37.2 Å². The van der Waals surface area contributed by atoms with E-state index in [1.807, 2.05) is 0 Å². The van der Waals surface area contributed by atoms with Crippen molar-refractivity contribution in [3.63, 3.8) is 0 Å². The zero-order valence-corrected chi connectivity index (χ0v) is 11.8. The highest BCUT2D eigenvalue weighted by Crippen LogP contribution is 2.27. The van der Waals surface area contributed by atoms with Gasteiger partial charge in [0.15, 0.2) is 0 Å². The number of nitriles is 1. The molecule has 2 rings (SSSR count). The number of nitrogens with one attached hydrogen (secondary N) is 1. The van der Waals surface area contributed by atoms with E-state index in [1.54, 1.807) is 18.3 Å². The predicted octanol–water partition coefficient (Wildman–Crippen LogP) is 1.53. The van der Waals surface area contributed by atoms with Crippen molar-refractivity contribution in [2.45, 2.75) is 6.42 Å². The molecule has 2 heterocycles. The summed E-state index contributed by atoms with van der Waals surface area (Å²) in [7, 11) is 0. The van der Waals surface area contributed by atoms with Crippen molar-refractivity contribution in [1.82, 2.24) is 4.98 Å². The first-order chi connectivity index (χ1) is 9.20. The number of rotatable bonds is 3. The molecule has 1 aliphatic rings. The lowest BCUT2D eigenvalue weighted by atomic mass is 10.3. The van der Waals surface area contributed by atoms with Gasteiger partial charge in [-0.05, 0) is 22.0 Å². The lowest BCUT2D eigenvalue weighted by Crippen LogP contribution is -2.37. The van der Waals surface area contributed by atoms with Crippen LogP contribution >= 0.6 is 15.9 Å². The van der Waals surface area contributed by atoms with Crippen molar-refractivity contribution in [2.24, 2.45) is 0 Å². The third-order valence-electron chi connectivity index (χ3n) is 2.66. The van der Waals surface area contributed by atoms with Crippen LogP contribution in [0.15, 0.2) is 16.7 Å². The smallest absolute Gasteiger partial charge is 0.238 e. The van der Waals surface area contributed by atoms with Crippen LogP contribution in [0.25, 0.3) is 0 Å². The number of halogens is 1. The lowest BCUT2D eigenvalue weighted by Gasteiger charge is -2.28. The second kappa shape index (κ2) is 6.50. The van der Waals surface area contributed by atoms with Crippen LogP contribution in [-0.2, 0) is 9.53 Å². The Kier molecular flexibility index (Phi) is 4.71. The number of amides is 1. The summed E-state index contributed by atoms with van der Waals surface area (Å²) >= 11 is 3.45. The van der Waals surface area contributed by atoms with Crippen molar-refractivity contribution in [3.05, 3.63) is 16.7 Å². The molecule has 19 heavy (non-hydrogen) atoms. The van der Waals surface area contributed by atoms with Gasteiger partial charge in [0, 0.05) is 13.1 Å². The molecule has 1 aromatic heterocycles. The van der Waals surface area contributed by atoms with Crippen molar-refractivity contribution >= 4 is 33.3 Å². The fraction of sp³-hybridized carbons (Fsp3) is 0.417. The number of pyridine rings is 1. The van der Waals surface area contributed by atoms with Crippen LogP contribution in [0.5, 0.6) is 0 Å². The van der Waals surface area contributed by atoms with E-state index < -0.39 is 0 Å². The Morgan fingerprint density at radius 2 is 2.32 bits per heavy atom. The van der Waals surface area contributed by atoms with Gasteiger partial charge in [-0.2, -0.15) is 5.26 Å². The van der Waals surface area contributed by atoms with E-state index in [0.29, 0.717) is 18.9 Å². The highest BCUT2D eigenvalue weighted by molar-refractivity contribution is 9.10. The van der Waals surface area contributed by atoms with E-state index in [0.717, 1.165) is 23.4 Å². The minimum atomic E-state index is -0.338. The lowest BCUT2D eigenvalue weighted by molar-refractivity contribution is -0.115. The summed E-state index contributed by atoms with van der Waals surface area (Å²) in [6.07, 6.45) is 1.42. The average molecular weight is 325 g/mol. The van der Waals surface area contributed by atoms with E-state index in [9.17, 15) is 4.79 Å². The van der Waals surface area contributed by atoms with Gasteiger partial charge in [0.2, 0.25) is 5.91 Å². The van der Waals surface area contributed by atoms with Crippen LogP contribution < -0.4 is 10.2 Å². The van der Waals surface area contributed by atoms with Gasteiger partial charge in [0.1, 0.15) is 12.2 Å². The molecule has 1 saturated heterocycles. The average Bonchev–Trinajstić information content (AvgIpc) is 2.40. The molecule has 0 spiro atoms. The van der Waals surface area contributed by atoms with E-state index in [1.165, 1.54) is 0 Å². The summed E-state index contributed by atoms with van der Waals surface area (Å²) in [5.41, 5.74) is 0.573. The topological polar surface area (TPSA) is 78.2 Å². The molecule has 0 bridgehead atoms. The normalized spacial score (nSPS) is 14.8. The fourth-order valence-electron chi connectivity index (χ4n) is 1.78. The van der Waals surface area contributed by atoms with Gasteiger partial charge in [0.25, 0.3) is 0 Å². The summed E-state index contributed by atoms with van der Waals surface area (Å²) in [5.74, 6) is 0.497. The monoisotopic (exact) mass is 324 g/mol. The number of ether oxygens (including phenoxy) is 1. The van der Waals surface area contributed by atoms with Crippen LogP contribution in [0.4, 0.5) is 11.5 Å². The Labute approximate surface area is 119 Å². The molecular weight excluding hydrogens is 312 g/mol. The van der Waals surface area contributed by atoms with Crippen LogP contribution in [0.3, 0.4) is 0 Å². The molecule has 100 valence electrons. The van der Waals surface area contributed by atoms with Crippen LogP contribution in [0, 0.1) is 11.3 Å². The zero-order chi connectivity index (χ0) is 13.7. The number of carbonyl (C=O) groups is 1. The molecule has 0 aliphatic carbocycles. The molecule has 0 saturated carbocycles. The second-order valence-corrected chi connectivity index (χ2v) is 4.87. The maximum atomic E-state index is 11.3. The Balaban J connectivity index is 2.08. The van der Waals surface area contributed by atoms with Crippen molar-refractivity contribution in [1.29, 1.82) is 5.26 Å². The van der Waals surface area contributed by atoms with E-state index in [4.69, 9.17) is 10.00 Å². The number of hydrogen-bond donors (Lipinski definition) is 1. The molecule has 0 radical (unpaired) electrons. The quantitative estimate of drug-likeness (QED) is 0.912. The highest BCUT2D eigenvalue weighted by atomic mass is 79.9. The number of hydrogen-bond acceptors (Lipinski definition) is 5. The van der Waals surface area contributed by atoms with E-state index in [2.05, 4.69) is 31.1 Å². The summed E-state index contributed by atoms with van der Waals surface area (Å²) in [6, 6.07) is 3.58. The van der Waals surface area contributed by atoms with Gasteiger partial charge in [0.05, 0.1) is 35.6 Å². The van der Waals surface area contributed by atoms with Crippen LogP contribution in [0.1, 0.15) is 6.42 Å². The van der Waals surface area contributed by atoms with Gasteiger partial charge >= 0.3 is 0 Å². The molecule has 7 heteroatoms. The van der Waals surface area contributed by atoms with Gasteiger partial charge in [-0.1, -0.05) is 0 Å². The number of nitrogens with zero attached hydrogens (tertiary/aromatic N) is 3. The summed E-state index contributed by atoms with van der Waals surface area (Å²) in [5, 5.41) is 11.0. The minimum Gasteiger partial charge on any atom is -0.378 e. The standard InChI is InChI=1S/C12H13BrN4O2/c13-10-7-9(16-11(18)1-2-14)8-15-12(10)17-3-5-19-6-4-17/h7-8H,1,3-6H2,(H,16,18). The Bertz CT molecular complexity index is 509. The SMILES string of the molecule is N#CCC(=O)Nc1cnc(N2CCOCC2)c(Br)c1. The molecule has 1 aromatic rings. The molecule has 1 amide bonds. The van der Waals surface area contributed by atoms with E-state index in [-0.39, 0.29) is 12.3 Å². The highest BCUT2D eigenvalue weighted by Gasteiger charge is 2.15. The van der Waals surface area contributed by atoms with Crippen LogP contribution in [0.2, 0.25) is 0 Å². The van der Waals surface area contributed by atoms with Gasteiger partial charge < -0.3 is 15.0 Å². The van der Waals surface area contributed by atoms with Crippen molar-refractivity contribution in [3.8, 4) is 6.07 Å². The predicted molar refractivity (Wildman–Crippen MR) is 73.8 cm³/mol. The summed E-state index contributed by atoms with van der Waals surface area (Å²) < 4.78 is 6.10. The molecule has 0 aromatic carbocycles. The van der Waals surface area contributed by atoms with Crippen molar-refractivity contribution < 1.29 is 9.53 Å². The van der Waals surface area contributed by atoms with Crippen molar-refractivity contribution in [2.75, 3.05) is 36.5 Å². The number of carbonyl (C=O) groups excluding carboxylic acids is 1.